The topological polar surface area (TPSA) is 83.3 Å². The minimum Gasteiger partial charge on any atom is -0.495 e. The number of hydrogen-bond acceptors (Lipinski definition) is 7. The van der Waals surface area contributed by atoms with Gasteiger partial charge in [-0.25, -0.2) is 4.98 Å². The monoisotopic (exact) mass is 545 g/mol. The highest BCUT2D eigenvalue weighted by atomic mass is 35.5. The molecule has 0 atom stereocenters. The van der Waals surface area contributed by atoms with Gasteiger partial charge in [-0.1, -0.05) is 35.2 Å². The number of nitrogens with one attached hydrogen (secondary N) is 1. The number of pyridine rings is 2. The van der Waals surface area contributed by atoms with Crippen LogP contribution in [0.4, 0.5) is 11.4 Å². The van der Waals surface area contributed by atoms with E-state index in [9.17, 15) is 5.26 Å². The average molecular weight is 546 g/mol. The predicted molar refractivity (Wildman–Crippen MR) is 152 cm³/mol. The van der Waals surface area contributed by atoms with E-state index in [0.717, 1.165) is 12.2 Å². The van der Waals surface area contributed by atoms with Crippen LogP contribution in [0.15, 0.2) is 48.7 Å². The molecule has 2 heterocycles. The third kappa shape index (κ3) is 6.10. The van der Waals surface area contributed by atoms with Crippen molar-refractivity contribution in [1.29, 1.82) is 5.26 Å². The number of nitriles is 1. The highest BCUT2D eigenvalue weighted by molar-refractivity contribution is 6.37. The first-order chi connectivity index (χ1) is 18.3. The lowest BCUT2D eigenvalue weighted by molar-refractivity contribution is 0.340. The van der Waals surface area contributed by atoms with Crippen molar-refractivity contribution in [3.8, 4) is 29.4 Å². The van der Waals surface area contributed by atoms with Crippen molar-refractivity contribution in [1.82, 2.24) is 14.9 Å². The van der Waals surface area contributed by atoms with Crippen LogP contribution < -0.4 is 14.8 Å². The molecule has 4 aromatic rings. The molecule has 0 saturated carbocycles. The third-order valence-electron chi connectivity index (χ3n) is 5.50. The van der Waals surface area contributed by atoms with Gasteiger partial charge in [-0.2, -0.15) is 5.26 Å². The largest absolute Gasteiger partial charge is 0.495 e. The van der Waals surface area contributed by atoms with E-state index in [0.29, 0.717) is 67.2 Å². The summed E-state index contributed by atoms with van der Waals surface area (Å²) in [5.41, 5.74) is 4.28. The van der Waals surface area contributed by atoms with E-state index in [4.69, 9.17) is 32.7 Å². The molecule has 0 aliphatic carbocycles. The number of hydrogen-bond donors (Lipinski definition) is 1. The first kappa shape index (κ1) is 27.0. The summed E-state index contributed by atoms with van der Waals surface area (Å²) < 4.78 is 11.3. The fraction of sp³-hybridized carbons (Fsp3) is 0.207. The Morgan fingerprint density at radius 2 is 1.84 bits per heavy atom. The minimum absolute atomic E-state index is 0.339. The van der Waals surface area contributed by atoms with Crippen LogP contribution in [0.3, 0.4) is 0 Å². The molecule has 0 fully saturated rings. The summed E-state index contributed by atoms with van der Waals surface area (Å²) >= 11 is 12.6. The molecule has 0 spiro atoms. The summed E-state index contributed by atoms with van der Waals surface area (Å²) in [6.45, 7) is 3.06. The van der Waals surface area contributed by atoms with Crippen LogP contribution in [0.1, 0.15) is 29.4 Å². The van der Waals surface area contributed by atoms with Crippen molar-refractivity contribution in [3.63, 3.8) is 0 Å². The molecule has 38 heavy (non-hydrogen) atoms. The van der Waals surface area contributed by atoms with Crippen molar-refractivity contribution < 1.29 is 9.47 Å². The van der Waals surface area contributed by atoms with Gasteiger partial charge in [-0.05, 0) is 57.3 Å². The molecule has 7 nitrogen and oxygen atoms in total. The summed E-state index contributed by atoms with van der Waals surface area (Å²) in [5.74, 6) is 7.34. The van der Waals surface area contributed by atoms with Gasteiger partial charge in [0.1, 0.15) is 23.3 Å². The van der Waals surface area contributed by atoms with Crippen molar-refractivity contribution in [3.05, 3.63) is 81.2 Å². The standard InChI is InChI=1S/C29H25Cl2N5O2/c1-5-38-27-12-22-25(11-18(27)9-10-20-7-6-8-21(34-20)17-36(2)3)33-16-19(15-32)29(22)35-26-14-28(37-4)24(31)13-23(26)30/h6-8,11-14,16H,5,17H2,1-4H3,(H,33,35). The van der Waals surface area contributed by atoms with E-state index in [1.807, 2.05) is 51.4 Å². The maximum absolute atomic E-state index is 9.81. The van der Waals surface area contributed by atoms with Crippen molar-refractivity contribution in [2.45, 2.75) is 13.5 Å². The van der Waals surface area contributed by atoms with E-state index >= 15 is 0 Å². The number of ether oxygens (including phenoxy) is 2. The second kappa shape index (κ2) is 12.0. The lowest BCUT2D eigenvalue weighted by atomic mass is 10.1. The van der Waals surface area contributed by atoms with E-state index in [2.05, 4.69) is 38.1 Å². The van der Waals surface area contributed by atoms with Gasteiger partial charge >= 0.3 is 0 Å². The minimum atomic E-state index is 0.339. The first-order valence-corrected chi connectivity index (χ1v) is 12.5. The molecular formula is C29H25Cl2N5O2. The summed E-state index contributed by atoms with van der Waals surface area (Å²) in [6.07, 6.45) is 1.51. The zero-order chi connectivity index (χ0) is 27.2. The fourth-order valence-corrected chi connectivity index (χ4v) is 4.33. The van der Waals surface area contributed by atoms with Gasteiger partial charge in [0.05, 0.1) is 57.5 Å². The molecule has 1 N–H and O–H groups in total. The molecule has 0 amide bonds. The zero-order valence-corrected chi connectivity index (χ0v) is 22.9. The summed E-state index contributed by atoms with van der Waals surface area (Å²) in [4.78, 5) is 11.2. The Balaban J connectivity index is 1.81. The van der Waals surface area contributed by atoms with Crippen LogP contribution in [0.25, 0.3) is 10.9 Å². The highest BCUT2D eigenvalue weighted by Gasteiger charge is 2.16. The fourth-order valence-electron chi connectivity index (χ4n) is 3.82. The molecule has 2 aromatic carbocycles. The third-order valence-corrected chi connectivity index (χ3v) is 6.11. The molecule has 2 aromatic heterocycles. The van der Waals surface area contributed by atoms with Gasteiger partial charge in [0, 0.05) is 24.2 Å². The van der Waals surface area contributed by atoms with Crippen molar-refractivity contribution in [2.75, 3.05) is 33.1 Å². The van der Waals surface area contributed by atoms with Crippen LogP contribution in [0.2, 0.25) is 10.0 Å². The molecule has 0 saturated heterocycles. The number of rotatable bonds is 7. The van der Waals surface area contributed by atoms with Crippen LogP contribution in [0.5, 0.6) is 11.5 Å². The predicted octanol–water partition coefficient (Wildman–Crippen LogP) is 6.42. The lowest BCUT2D eigenvalue weighted by Crippen LogP contribution is -2.12. The van der Waals surface area contributed by atoms with Gasteiger partial charge in [-0.3, -0.25) is 4.98 Å². The Morgan fingerprint density at radius 3 is 2.55 bits per heavy atom. The Labute approximate surface area is 231 Å². The maximum Gasteiger partial charge on any atom is 0.139 e. The number of nitrogens with zero attached hydrogens (tertiary/aromatic N) is 4. The smallest absolute Gasteiger partial charge is 0.139 e. The average Bonchev–Trinajstić information content (AvgIpc) is 2.89. The van der Waals surface area contributed by atoms with Gasteiger partial charge in [0.15, 0.2) is 0 Å². The summed E-state index contributed by atoms with van der Waals surface area (Å²) in [5, 5.41) is 14.5. The molecule has 0 unspecified atom stereocenters. The number of benzene rings is 2. The highest BCUT2D eigenvalue weighted by Crippen LogP contribution is 2.39. The van der Waals surface area contributed by atoms with Gasteiger partial charge in [0.25, 0.3) is 0 Å². The van der Waals surface area contributed by atoms with Crippen molar-refractivity contribution >= 4 is 45.5 Å². The molecule has 192 valence electrons. The van der Waals surface area contributed by atoms with Crippen LogP contribution in [-0.4, -0.2) is 42.7 Å². The summed E-state index contributed by atoms with van der Waals surface area (Å²) in [6, 6.07) is 14.9. The first-order valence-electron chi connectivity index (χ1n) is 11.7. The molecule has 0 bridgehead atoms. The lowest BCUT2D eigenvalue weighted by Gasteiger charge is -2.16. The number of aromatic nitrogens is 2. The van der Waals surface area contributed by atoms with E-state index < -0.39 is 0 Å². The van der Waals surface area contributed by atoms with E-state index in [1.54, 1.807) is 12.1 Å². The number of anilines is 2. The normalized spacial score (nSPS) is 10.6. The number of fused-ring (bicyclic) bond motifs is 1. The van der Waals surface area contributed by atoms with E-state index in [-0.39, 0.29) is 0 Å². The summed E-state index contributed by atoms with van der Waals surface area (Å²) in [7, 11) is 5.51. The molecule has 0 radical (unpaired) electrons. The second-order valence-corrected chi connectivity index (χ2v) is 9.37. The number of methoxy groups -OCH3 is 1. The quantitative estimate of drug-likeness (QED) is 0.268. The Bertz CT molecular complexity index is 1600. The van der Waals surface area contributed by atoms with E-state index in [1.165, 1.54) is 13.3 Å². The van der Waals surface area contributed by atoms with Gasteiger partial charge in [-0.15, -0.1) is 0 Å². The Hall–Kier alpha value is -4.01. The molecule has 0 aliphatic heterocycles. The van der Waals surface area contributed by atoms with Crippen LogP contribution >= 0.6 is 23.2 Å². The Morgan fingerprint density at radius 1 is 1.03 bits per heavy atom. The zero-order valence-electron chi connectivity index (χ0n) is 21.4. The maximum atomic E-state index is 9.81. The van der Waals surface area contributed by atoms with Gasteiger partial charge < -0.3 is 19.7 Å². The molecule has 4 rings (SSSR count). The SMILES string of the molecule is CCOc1cc2c(Nc3cc(OC)c(Cl)cc3Cl)c(C#N)cnc2cc1C#Cc1cccc(CN(C)C)n1. The molecule has 0 aliphatic rings. The van der Waals surface area contributed by atoms with Gasteiger partial charge in [0.2, 0.25) is 0 Å². The Kier molecular flexibility index (Phi) is 8.55. The molecule has 9 heteroatoms. The van der Waals surface area contributed by atoms with Crippen LogP contribution in [-0.2, 0) is 6.54 Å². The van der Waals surface area contributed by atoms with Crippen LogP contribution in [0, 0.1) is 23.2 Å². The second-order valence-electron chi connectivity index (χ2n) is 8.55. The van der Waals surface area contributed by atoms with Crippen molar-refractivity contribution in [2.24, 2.45) is 0 Å². The number of halogens is 2. The molecular weight excluding hydrogens is 521 g/mol.